The third-order valence-corrected chi connectivity index (χ3v) is 5.87. The summed E-state index contributed by atoms with van der Waals surface area (Å²) in [6, 6.07) is 11.7. The van der Waals surface area contributed by atoms with Crippen LogP contribution < -0.4 is 5.32 Å². The van der Waals surface area contributed by atoms with Gasteiger partial charge in [0.05, 0.1) is 22.8 Å². The Morgan fingerprint density at radius 3 is 2.88 bits per heavy atom. The van der Waals surface area contributed by atoms with Crippen LogP contribution in [0.3, 0.4) is 0 Å². The summed E-state index contributed by atoms with van der Waals surface area (Å²) in [4.78, 5) is 31.4. The molecule has 1 N–H and O–H groups in total. The third-order valence-electron chi connectivity index (χ3n) is 4.74. The van der Waals surface area contributed by atoms with Gasteiger partial charge in [0.1, 0.15) is 10.7 Å². The lowest BCUT2D eigenvalue weighted by Gasteiger charge is -2.21. The summed E-state index contributed by atoms with van der Waals surface area (Å²) in [5.74, 6) is -0.637. The van der Waals surface area contributed by atoms with Crippen molar-refractivity contribution in [3.8, 4) is 0 Å². The molecule has 3 heterocycles. The van der Waals surface area contributed by atoms with Crippen LogP contribution in [0.25, 0.3) is 10.2 Å². The highest BCUT2D eigenvalue weighted by molar-refractivity contribution is 7.18. The molecule has 0 bridgehead atoms. The van der Waals surface area contributed by atoms with Gasteiger partial charge in [-0.15, -0.1) is 11.3 Å². The molecule has 1 aliphatic rings. The quantitative estimate of drug-likeness (QED) is 0.769. The molecule has 4 rings (SSSR count). The third kappa shape index (κ3) is 3.27. The summed E-state index contributed by atoms with van der Waals surface area (Å²) in [5, 5.41) is 3.54. The van der Waals surface area contributed by atoms with Gasteiger partial charge in [0.15, 0.2) is 0 Å². The minimum Gasteiger partial charge on any atom is -0.347 e. The number of aryl methyl sites for hydroxylation is 1. The first kappa shape index (κ1) is 16.9. The van der Waals surface area contributed by atoms with Gasteiger partial charge in [-0.05, 0) is 43.7 Å². The predicted molar refractivity (Wildman–Crippen MR) is 101 cm³/mol. The van der Waals surface area contributed by atoms with E-state index in [4.69, 9.17) is 4.98 Å². The van der Waals surface area contributed by atoms with Crippen molar-refractivity contribution in [2.24, 2.45) is 7.05 Å². The first-order chi connectivity index (χ1) is 12.6. The van der Waals surface area contributed by atoms with E-state index < -0.39 is 0 Å². The van der Waals surface area contributed by atoms with Gasteiger partial charge < -0.3 is 4.57 Å². The number of imide groups is 1. The molecular weight excluding hydrogens is 348 g/mol. The number of aromatic nitrogens is 2. The molecule has 1 aliphatic heterocycles. The van der Waals surface area contributed by atoms with E-state index in [0.717, 1.165) is 34.6 Å². The molecule has 1 fully saturated rings. The molecule has 6 nitrogen and oxygen atoms in total. The topological polar surface area (TPSA) is 67.2 Å². The number of nitrogens with one attached hydrogen (secondary N) is 1. The van der Waals surface area contributed by atoms with Crippen molar-refractivity contribution in [1.29, 1.82) is 0 Å². The van der Waals surface area contributed by atoms with E-state index in [2.05, 4.69) is 16.3 Å². The van der Waals surface area contributed by atoms with Crippen molar-refractivity contribution in [1.82, 2.24) is 19.8 Å². The number of fused-ring (bicyclic) bond motifs is 1. The number of para-hydroxylation sites is 1. The smallest absolute Gasteiger partial charge is 0.274 e. The van der Waals surface area contributed by atoms with Gasteiger partial charge in [0.2, 0.25) is 5.91 Å². The van der Waals surface area contributed by atoms with Crippen LogP contribution in [0.5, 0.6) is 0 Å². The Hall–Kier alpha value is -2.51. The van der Waals surface area contributed by atoms with Gasteiger partial charge in [-0.3, -0.25) is 19.8 Å². The predicted octanol–water partition coefficient (Wildman–Crippen LogP) is 2.73. The maximum atomic E-state index is 12.4. The highest BCUT2D eigenvalue weighted by Gasteiger charge is 2.30. The largest absolute Gasteiger partial charge is 0.347 e. The maximum absolute atomic E-state index is 12.4. The van der Waals surface area contributed by atoms with Crippen LogP contribution in [-0.2, 0) is 11.8 Å². The number of likely N-dealkylation sites (tertiary alicyclic amines) is 1. The van der Waals surface area contributed by atoms with E-state index in [-0.39, 0.29) is 24.4 Å². The lowest BCUT2D eigenvalue weighted by Crippen LogP contribution is -2.40. The summed E-state index contributed by atoms with van der Waals surface area (Å²) in [6.07, 6.45) is 3.79. The Morgan fingerprint density at radius 1 is 1.27 bits per heavy atom. The van der Waals surface area contributed by atoms with Gasteiger partial charge in [-0.1, -0.05) is 12.1 Å². The molecule has 26 heavy (non-hydrogen) atoms. The SMILES string of the molecule is Cn1cccc1C(=O)NC(=O)CN1CCC[C@@H]1c1nc2ccccc2s1. The molecule has 2 amide bonds. The molecule has 134 valence electrons. The molecule has 0 spiro atoms. The Balaban J connectivity index is 1.44. The number of hydrogen-bond acceptors (Lipinski definition) is 5. The van der Waals surface area contributed by atoms with Crippen LogP contribution in [0.4, 0.5) is 0 Å². The molecule has 3 aromatic rings. The fraction of sp³-hybridized carbons (Fsp3) is 0.316. The van der Waals surface area contributed by atoms with Crippen molar-refractivity contribution < 1.29 is 9.59 Å². The molecule has 1 saturated heterocycles. The second-order valence-corrected chi connectivity index (χ2v) is 7.59. The van der Waals surface area contributed by atoms with Crippen molar-refractivity contribution in [3.63, 3.8) is 0 Å². The molecule has 1 aromatic carbocycles. The number of rotatable bonds is 4. The fourth-order valence-electron chi connectivity index (χ4n) is 3.44. The minimum atomic E-state index is -0.363. The monoisotopic (exact) mass is 368 g/mol. The molecule has 0 unspecified atom stereocenters. The molecule has 7 heteroatoms. The van der Waals surface area contributed by atoms with Crippen LogP contribution in [0.2, 0.25) is 0 Å². The highest BCUT2D eigenvalue weighted by atomic mass is 32.1. The summed E-state index contributed by atoms with van der Waals surface area (Å²) >= 11 is 1.68. The Kier molecular flexibility index (Phi) is 4.57. The molecule has 0 aliphatic carbocycles. The van der Waals surface area contributed by atoms with E-state index >= 15 is 0 Å². The van der Waals surface area contributed by atoms with Crippen molar-refractivity contribution in [3.05, 3.63) is 53.3 Å². The first-order valence-electron chi connectivity index (χ1n) is 8.67. The molecule has 0 saturated carbocycles. The number of benzene rings is 1. The number of carbonyl (C=O) groups excluding carboxylic acids is 2. The average molecular weight is 368 g/mol. The normalized spacial score (nSPS) is 17.7. The van der Waals surface area contributed by atoms with Crippen LogP contribution in [0.1, 0.15) is 34.4 Å². The van der Waals surface area contributed by atoms with E-state index in [1.165, 1.54) is 0 Å². The van der Waals surface area contributed by atoms with E-state index in [1.807, 2.05) is 18.2 Å². The summed E-state index contributed by atoms with van der Waals surface area (Å²) < 4.78 is 2.86. The second kappa shape index (κ2) is 7.01. The van der Waals surface area contributed by atoms with Crippen molar-refractivity contribution in [2.75, 3.05) is 13.1 Å². The average Bonchev–Trinajstić information content (AvgIpc) is 3.32. The minimum absolute atomic E-state index is 0.142. The molecule has 1 atom stereocenters. The molecular formula is C19H20N4O2S. The zero-order chi connectivity index (χ0) is 18.1. The number of hydrogen-bond donors (Lipinski definition) is 1. The summed E-state index contributed by atoms with van der Waals surface area (Å²) in [5.41, 5.74) is 1.48. The van der Waals surface area contributed by atoms with Gasteiger partial charge in [0.25, 0.3) is 5.91 Å². The number of carbonyl (C=O) groups is 2. The number of thiazole rings is 1. The lowest BCUT2D eigenvalue weighted by atomic mass is 10.2. The number of nitrogens with zero attached hydrogens (tertiary/aromatic N) is 3. The summed E-state index contributed by atoms with van der Waals surface area (Å²) in [7, 11) is 1.78. The van der Waals surface area contributed by atoms with E-state index in [9.17, 15) is 9.59 Å². The maximum Gasteiger partial charge on any atom is 0.274 e. The van der Waals surface area contributed by atoms with Crippen LogP contribution in [0, 0.1) is 0 Å². The Morgan fingerprint density at radius 2 is 2.12 bits per heavy atom. The van der Waals surface area contributed by atoms with Gasteiger partial charge in [-0.2, -0.15) is 0 Å². The lowest BCUT2D eigenvalue weighted by molar-refractivity contribution is -0.121. The van der Waals surface area contributed by atoms with Crippen molar-refractivity contribution in [2.45, 2.75) is 18.9 Å². The van der Waals surface area contributed by atoms with E-state index in [0.29, 0.717) is 5.69 Å². The van der Waals surface area contributed by atoms with Crippen LogP contribution in [-0.4, -0.2) is 39.4 Å². The van der Waals surface area contributed by atoms with Gasteiger partial charge in [0, 0.05) is 13.2 Å². The van der Waals surface area contributed by atoms with E-state index in [1.54, 1.807) is 41.3 Å². The van der Waals surface area contributed by atoms with Crippen molar-refractivity contribution >= 4 is 33.4 Å². The van der Waals surface area contributed by atoms with Gasteiger partial charge >= 0.3 is 0 Å². The Bertz CT molecular complexity index is 928. The summed E-state index contributed by atoms with van der Waals surface area (Å²) in [6.45, 7) is 1.04. The van der Waals surface area contributed by atoms with Crippen LogP contribution >= 0.6 is 11.3 Å². The highest BCUT2D eigenvalue weighted by Crippen LogP contribution is 2.36. The molecule has 0 radical (unpaired) electrons. The second-order valence-electron chi connectivity index (χ2n) is 6.53. The van der Waals surface area contributed by atoms with Gasteiger partial charge in [-0.25, -0.2) is 4.98 Å². The standard InChI is InChI=1S/C19H20N4O2S/c1-22-10-4-7-14(22)18(25)21-17(24)12-23-11-5-8-15(23)19-20-13-6-2-3-9-16(13)26-19/h2-4,6-7,9-10,15H,5,8,11-12H2,1H3,(H,21,24,25)/t15-/m1/s1. The zero-order valence-corrected chi connectivity index (χ0v) is 15.3. The fourth-order valence-corrected chi connectivity index (χ4v) is 4.58. The Labute approximate surface area is 155 Å². The molecule has 2 aromatic heterocycles. The number of amides is 2. The first-order valence-corrected chi connectivity index (χ1v) is 9.48. The van der Waals surface area contributed by atoms with Crippen LogP contribution in [0.15, 0.2) is 42.6 Å². The zero-order valence-electron chi connectivity index (χ0n) is 14.5.